The Morgan fingerprint density at radius 2 is 1.17 bits per heavy atom. The molecule has 4 heteroatoms. The summed E-state index contributed by atoms with van der Waals surface area (Å²) in [5.41, 5.74) is 0. The Balaban J connectivity index is 3.71. The second-order valence-electron chi connectivity index (χ2n) is 8.50. The van der Waals surface area contributed by atoms with Crippen molar-refractivity contribution in [3.8, 4) is 0 Å². The third kappa shape index (κ3) is 20.0. The quantitative estimate of drug-likeness (QED) is 0.109. The maximum Gasteiger partial charge on any atom is 0.345 e. The van der Waals surface area contributed by atoms with Crippen LogP contribution in [0.4, 0.5) is 0 Å². The molecule has 0 radical (unpaired) electrons. The van der Waals surface area contributed by atoms with Gasteiger partial charge in [0.15, 0.2) is 6.10 Å². The number of carboxylic acid groups (broad SMARTS) is 1. The summed E-state index contributed by atoms with van der Waals surface area (Å²) in [5, 5.41) is 9.31. The molecule has 0 spiro atoms. The number of carboxylic acids is 1. The SMILES string of the molecule is CCCCCC/C=C\CCCC(=O)OC(CCCCCCCCCCCC)C(=O)O. The zero-order chi connectivity index (χ0) is 22.3. The van der Waals surface area contributed by atoms with Gasteiger partial charge in [0.25, 0.3) is 0 Å². The van der Waals surface area contributed by atoms with Crippen LogP contribution in [0, 0.1) is 0 Å². The van der Waals surface area contributed by atoms with Crippen molar-refractivity contribution in [1.82, 2.24) is 0 Å². The highest BCUT2D eigenvalue weighted by atomic mass is 16.6. The van der Waals surface area contributed by atoms with E-state index in [1.165, 1.54) is 70.6 Å². The first-order valence-corrected chi connectivity index (χ1v) is 12.7. The lowest BCUT2D eigenvalue weighted by Crippen LogP contribution is -2.26. The molecule has 176 valence electrons. The summed E-state index contributed by atoms with van der Waals surface area (Å²) >= 11 is 0. The maximum atomic E-state index is 11.9. The van der Waals surface area contributed by atoms with Crippen LogP contribution in [-0.2, 0) is 14.3 Å². The average molecular weight is 425 g/mol. The Labute approximate surface area is 185 Å². The van der Waals surface area contributed by atoms with Crippen LogP contribution in [0.1, 0.15) is 136 Å². The topological polar surface area (TPSA) is 63.6 Å². The van der Waals surface area contributed by atoms with Gasteiger partial charge < -0.3 is 9.84 Å². The number of hydrogen-bond acceptors (Lipinski definition) is 3. The Kier molecular flexibility index (Phi) is 21.4. The van der Waals surface area contributed by atoms with Gasteiger partial charge in [0.05, 0.1) is 0 Å². The van der Waals surface area contributed by atoms with Gasteiger partial charge in [0.1, 0.15) is 0 Å². The number of rotatable bonds is 22. The van der Waals surface area contributed by atoms with E-state index in [9.17, 15) is 14.7 Å². The van der Waals surface area contributed by atoms with Gasteiger partial charge in [-0.15, -0.1) is 0 Å². The molecule has 0 heterocycles. The third-order valence-electron chi connectivity index (χ3n) is 5.51. The maximum absolute atomic E-state index is 11.9. The lowest BCUT2D eigenvalue weighted by Gasteiger charge is -2.13. The van der Waals surface area contributed by atoms with Gasteiger partial charge in [-0.3, -0.25) is 4.79 Å². The first-order chi connectivity index (χ1) is 14.6. The fourth-order valence-electron chi connectivity index (χ4n) is 3.56. The minimum absolute atomic E-state index is 0.294. The minimum atomic E-state index is -1.02. The first-order valence-electron chi connectivity index (χ1n) is 12.7. The highest BCUT2D eigenvalue weighted by Gasteiger charge is 2.21. The second kappa shape index (κ2) is 22.4. The smallest absolute Gasteiger partial charge is 0.345 e. The van der Waals surface area contributed by atoms with Crippen LogP contribution in [-0.4, -0.2) is 23.1 Å². The monoisotopic (exact) mass is 424 g/mol. The average Bonchev–Trinajstić information content (AvgIpc) is 2.72. The summed E-state index contributed by atoms with van der Waals surface area (Å²) in [5.74, 6) is -1.41. The van der Waals surface area contributed by atoms with E-state index in [4.69, 9.17) is 4.74 Å². The standard InChI is InChI=1S/C26H48O4/c1-3-5-7-9-11-13-15-16-18-20-22-24(26(28)29)30-25(27)23-21-19-17-14-12-10-8-6-4-2/h14,17,24H,3-13,15-16,18-23H2,1-2H3,(H,28,29)/b17-14-. The van der Waals surface area contributed by atoms with Crippen LogP contribution >= 0.6 is 0 Å². The molecule has 1 unspecified atom stereocenters. The van der Waals surface area contributed by atoms with Crippen molar-refractivity contribution in [1.29, 1.82) is 0 Å². The zero-order valence-electron chi connectivity index (χ0n) is 19.8. The van der Waals surface area contributed by atoms with E-state index in [2.05, 4.69) is 26.0 Å². The van der Waals surface area contributed by atoms with Gasteiger partial charge in [0, 0.05) is 6.42 Å². The Hall–Kier alpha value is -1.32. The van der Waals surface area contributed by atoms with Gasteiger partial charge in [-0.05, 0) is 38.5 Å². The number of esters is 1. The molecule has 0 aliphatic heterocycles. The highest BCUT2D eigenvalue weighted by Crippen LogP contribution is 2.14. The molecule has 0 aliphatic rings. The van der Waals surface area contributed by atoms with E-state index in [1.807, 2.05) is 0 Å². The molecule has 0 aliphatic carbocycles. The number of hydrogen-bond donors (Lipinski definition) is 1. The van der Waals surface area contributed by atoms with E-state index in [-0.39, 0.29) is 5.97 Å². The Morgan fingerprint density at radius 3 is 1.70 bits per heavy atom. The molecule has 0 aromatic rings. The van der Waals surface area contributed by atoms with E-state index in [1.54, 1.807) is 0 Å². The van der Waals surface area contributed by atoms with Crippen molar-refractivity contribution >= 4 is 11.9 Å². The van der Waals surface area contributed by atoms with E-state index in [0.717, 1.165) is 38.5 Å². The van der Waals surface area contributed by atoms with Crippen molar-refractivity contribution in [3.63, 3.8) is 0 Å². The number of carbonyl (C=O) groups excluding carboxylic acids is 1. The molecule has 0 saturated heterocycles. The molecule has 0 bridgehead atoms. The van der Waals surface area contributed by atoms with Crippen molar-refractivity contribution in [2.24, 2.45) is 0 Å². The second-order valence-corrected chi connectivity index (χ2v) is 8.50. The van der Waals surface area contributed by atoms with E-state index >= 15 is 0 Å². The molecule has 0 aromatic heterocycles. The van der Waals surface area contributed by atoms with E-state index < -0.39 is 12.1 Å². The number of ether oxygens (including phenoxy) is 1. The van der Waals surface area contributed by atoms with Crippen LogP contribution in [0.3, 0.4) is 0 Å². The molecular formula is C26H48O4. The number of allylic oxidation sites excluding steroid dienone is 2. The third-order valence-corrected chi connectivity index (χ3v) is 5.51. The fourth-order valence-corrected chi connectivity index (χ4v) is 3.56. The molecule has 0 saturated carbocycles. The molecule has 4 nitrogen and oxygen atoms in total. The van der Waals surface area contributed by atoms with Crippen molar-refractivity contribution in [2.45, 2.75) is 142 Å². The zero-order valence-corrected chi connectivity index (χ0v) is 19.8. The minimum Gasteiger partial charge on any atom is -0.479 e. The summed E-state index contributed by atoms with van der Waals surface area (Å²) in [4.78, 5) is 23.3. The number of aliphatic carboxylic acids is 1. The van der Waals surface area contributed by atoms with Crippen LogP contribution < -0.4 is 0 Å². The van der Waals surface area contributed by atoms with Gasteiger partial charge in [-0.1, -0.05) is 103 Å². The van der Waals surface area contributed by atoms with Crippen molar-refractivity contribution in [2.75, 3.05) is 0 Å². The van der Waals surface area contributed by atoms with E-state index in [0.29, 0.717) is 12.8 Å². The molecule has 0 amide bonds. The Morgan fingerprint density at radius 1 is 0.700 bits per heavy atom. The molecule has 0 rings (SSSR count). The van der Waals surface area contributed by atoms with Gasteiger partial charge >= 0.3 is 11.9 Å². The van der Waals surface area contributed by atoms with Crippen molar-refractivity contribution < 1.29 is 19.4 Å². The lowest BCUT2D eigenvalue weighted by molar-refractivity contribution is -0.164. The molecule has 30 heavy (non-hydrogen) atoms. The summed E-state index contributed by atoms with van der Waals surface area (Å²) in [7, 11) is 0. The van der Waals surface area contributed by atoms with Gasteiger partial charge in [-0.2, -0.15) is 0 Å². The number of unbranched alkanes of at least 4 members (excludes halogenated alkanes) is 14. The highest BCUT2D eigenvalue weighted by molar-refractivity contribution is 5.77. The van der Waals surface area contributed by atoms with Gasteiger partial charge in [-0.25, -0.2) is 4.79 Å². The summed E-state index contributed by atoms with van der Waals surface area (Å²) in [6.45, 7) is 4.44. The van der Waals surface area contributed by atoms with Crippen LogP contribution in [0.15, 0.2) is 12.2 Å². The lowest BCUT2D eigenvalue weighted by atomic mass is 10.0. The predicted octanol–water partition coefficient (Wildman–Crippen LogP) is 7.99. The van der Waals surface area contributed by atoms with Crippen molar-refractivity contribution in [3.05, 3.63) is 12.2 Å². The molecule has 0 fully saturated rings. The largest absolute Gasteiger partial charge is 0.479 e. The Bertz CT molecular complexity index is 431. The fraction of sp³-hybridized carbons (Fsp3) is 0.846. The summed E-state index contributed by atoms with van der Waals surface area (Å²) < 4.78 is 5.20. The number of carbonyl (C=O) groups is 2. The predicted molar refractivity (Wildman–Crippen MR) is 126 cm³/mol. The molecular weight excluding hydrogens is 376 g/mol. The summed E-state index contributed by atoms with van der Waals surface area (Å²) in [6.07, 6.45) is 23.8. The molecule has 0 aromatic carbocycles. The molecule has 1 N–H and O–H groups in total. The van der Waals surface area contributed by atoms with Crippen LogP contribution in [0.2, 0.25) is 0 Å². The summed E-state index contributed by atoms with van der Waals surface area (Å²) in [6, 6.07) is 0. The van der Waals surface area contributed by atoms with Crippen LogP contribution in [0.25, 0.3) is 0 Å². The molecule has 1 atom stereocenters. The van der Waals surface area contributed by atoms with Crippen LogP contribution in [0.5, 0.6) is 0 Å². The van der Waals surface area contributed by atoms with Gasteiger partial charge in [0.2, 0.25) is 0 Å². The normalized spacial score (nSPS) is 12.3. The first kappa shape index (κ1) is 28.7.